The Morgan fingerprint density at radius 2 is 1.10 bits per heavy atom. The summed E-state index contributed by atoms with van der Waals surface area (Å²) in [7, 11) is 6.28. The van der Waals surface area contributed by atoms with Gasteiger partial charge in [-0.1, -0.05) is 72.5 Å². The summed E-state index contributed by atoms with van der Waals surface area (Å²) in [6.45, 7) is 7.15. The van der Waals surface area contributed by atoms with Gasteiger partial charge in [0.1, 0.15) is 29.9 Å². The third-order valence-electron chi connectivity index (χ3n) is 15.8. The second-order valence-corrected chi connectivity index (χ2v) is 21.7. The zero-order valence-electron chi connectivity index (χ0n) is 51.3. The number of phenols is 3. The van der Waals surface area contributed by atoms with Crippen LogP contribution in [0.2, 0.25) is 0 Å². The Hall–Kier alpha value is -9.99. The van der Waals surface area contributed by atoms with E-state index in [1.165, 1.54) is 69.2 Å². The second kappa shape index (κ2) is 31.2. The van der Waals surface area contributed by atoms with Crippen LogP contribution >= 0.6 is 24.8 Å². The molecule has 0 radical (unpaired) electrons. The Morgan fingerprint density at radius 1 is 0.576 bits per heavy atom. The number of ketones is 2. The lowest BCUT2D eigenvalue weighted by atomic mass is 9.81. The molecule has 10 aromatic rings. The average molecular weight is 1290 g/mol. The summed E-state index contributed by atoms with van der Waals surface area (Å²) in [5.41, 5.74) is 9.08. The number of rotatable bonds is 20. The van der Waals surface area contributed by atoms with Gasteiger partial charge in [0.25, 0.3) is 0 Å². The molecule has 92 heavy (non-hydrogen) atoms. The zero-order chi connectivity index (χ0) is 64.3. The third kappa shape index (κ3) is 14.9. The number of phenolic OH excluding ortho intramolecular Hbond substituents is 2. The number of hydrogen-bond donors (Lipinski definition) is 11. The number of halogens is 2. The Labute approximate surface area is 544 Å². The number of hydrogen-bond acceptors (Lipinski definition) is 15. The quantitative estimate of drug-likeness (QED) is 0.0192. The van der Waals surface area contributed by atoms with E-state index in [2.05, 4.69) is 149 Å². The van der Waals surface area contributed by atoms with Crippen LogP contribution in [0.15, 0.2) is 152 Å². The van der Waals surface area contributed by atoms with Gasteiger partial charge in [-0.2, -0.15) is 4.57 Å². The highest BCUT2D eigenvalue weighted by Gasteiger charge is 2.38. The molecule has 8 aromatic carbocycles. The van der Waals surface area contributed by atoms with E-state index in [0.29, 0.717) is 72.2 Å². The maximum Gasteiger partial charge on any atom is 0.339 e. The molecule has 0 saturated heterocycles. The van der Waals surface area contributed by atoms with E-state index < -0.39 is 35.0 Å². The van der Waals surface area contributed by atoms with Gasteiger partial charge in [-0.05, 0) is 125 Å². The topological polar surface area (TPSA) is 293 Å². The molecule has 1 aliphatic carbocycles. The molecule has 11 rings (SSSR count). The van der Waals surface area contributed by atoms with E-state index in [-0.39, 0.29) is 100 Å². The number of nitrogens with zero attached hydrogens (tertiary/aromatic N) is 3. The third-order valence-corrected chi connectivity index (χ3v) is 15.8. The minimum atomic E-state index is -1.34. The summed E-state index contributed by atoms with van der Waals surface area (Å²) in [6.07, 6.45) is 4.32. The van der Waals surface area contributed by atoms with Crippen LogP contribution in [0.1, 0.15) is 86.3 Å². The summed E-state index contributed by atoms with van der Waals surface area (Å²) in [6, 6.07) is 46.0. The van der Waals surface area contributed by atoms with Gasteiger partial charge in [0.15, 0.2) is 0 Å². The monoisotopic (exact) mass is 1290 g/mol. The highest BCUT2D eigenvalue weighted by atomic mass is 35.5. The number of benzene rings is 8. The zero-order valence-corrected chi connectivity index (χ0v) is 52.9. The number of aryl methyl sites for hydroxylation is 2. The number of pyridine rings is 1. The van der Waals surface area contributed by atoms with E-state index >= 15 is 0 Å². The van der Waals surface area contributed by atoms with Crippen molar-refractivity contribution in [3.05, 3.63) is 219 Å². The summed E-state index contributed by atoms with van der Waals surface area (Å²) in [4.78, 5) is 52.0. The van der Waals surface area contributed by atoms with Crippen LogP contribution in [-0.2, 0) is 13.5 Å². The lowest BCUT2D eigenvalue weighted by molar-refractivity contribution is -0.646. The number of aromatic nitrogens is 2. The highest BCUT2D eigenvalue weighted by Crippen LogP contribution is 2.43. The summed E-state index contributed by atoms with van der Waals surface area (Å²) in [5.74, 6) is -5.57. The number of carboxylic acids is 2. The van der Waals surface area contributed by atoms with Crippen molar-refractivity contribution >= 4 is 110 Å². The van der Waals surface area contributed by atoms with E-state index in [4.69, 9.17) is 10.2 Å². The van der Waals surface area contributed by atoms with Crippen LogP contribution in [-0.4, -0.2) is 130 Å². The number of carboxylic acid groups (broad SMARTS) is 2. The van der Waals surface area contributed by atoms with Crippen molar-refractivity contribution in [1.82, 2.24) is 15.2 Å². The van der Waals surface area contributed by atoms with Crippen molar-refractivity contribution in [2.24, 2.45) is 7.05 Å². The Balaban J connectivity index is 0.000000194. The van der Waals surface area contributed by atoms with Crippen molar-refractivity contribution in [2.45, 2.75) is 20.3 Å². The number of carbonyl (C=O) groups excluding carboxylic acids is 2. The van der Waals surface area contributed by atoms with Gasteiger partial charge < -0.3 is 71.6 Å². The number of para-hydroxylation sites is 1. The number of anilines is 3. The van der Waals surface area contributed by atoms with Gasteiger partial charge in [-0.25, -0.2) is 9.59 Å². The maximum absolute atomic E-state index is 13.4. The van der Waals surface area contributed by atoms with Gasteiger partial charge in [0, 0.05) is 123 Å². The molecule has 478 valence electrons. The first kappa shape index (κ1) is 69.5. The van der Waals surface area contributed by atoms with Gasteiger partial charge in [0.2, 0.25) is 22.8 Å². The van der Waals surface area contributed by atoms with Crippen LogP contribution in [0, 0.1) is 13.8 Å². The standard InChI is InChI=1S/C26H28N3.C23H16O6.C22H28N4O6.2ClH/c1-19-17-21(20(2)29(19)24-9-7-6-8-10-24)11-13-23-14-12-22-18-25(27(3)4)15-16-26(22)28(23)5;24-20-16(14-7-3-1-5-12(14)9-18(20)22(26)27)11-17-15-8-4-2-6-13(15)10-19(21(17)25)23(28)29;27-11-9-23-5-7-25-13-1-2-14(26-8-6-24-10-12-28)18-17(13)21(31)19-15(29)3-4-16(30)20(19)22(18)32;;/h6-18H,1-5H3;1-10,24-25H,11H2,(H,26,27)(H,28,29);1-4,23-30H,5-12H2;2*1H/q+1;;;;/p-1. The predicted octanol–water partition coefficient (Wildman–Crippen LogP) is 9.77. The molecule has 0 spiro atoms. The van der Waals surface area contributed by atoms with E-state index in [9.17, 15) is 49.8 Å². The number of carbonyl (C=O) groups is 4. The molecule has 0 unspecified atom stereocenters. The van der Waals surface area contributed by atoms with Gasteiger partial charge >= 0.3 is 11.9 Å². The molecule has 0 amide bonds. The van der Waals surface area contributed by atoms with Crippen LogP contribution in [0.5, 0.6) is 23.0 Å². The minimum Gasteiger partial charge on any atom is -0.872 e. The van der Waals surface area contributed by atoms with E-state index in [1.807, 2.05) is 0 Å². The van der Waals surface area contributed by atoms with Crippen molar-refractivity contribution < 1.29 is 64.6 Å². The first-order chi connectivity index (χ1) is 43.3. The fourth-order valence-electron chi connectivity index (χ4n) is 11.3. The van der Waals surface area contributed by atoms with Gasteiger partial charge in [-0.3, -0.25) is 9.59 Å². The fraction of sp³-hybridized carbons (Fsp3) is 0.197. The molecule has 21 heteroatoms. The average Bonchev–Trinajstić information content (AvgIpc) is 0.887. The number of fused-ring (bicyclic) bond motifs is 5. The summed E-state index contributed by atoms with van der Waals surface area (Å²) >= 11 is 0. The van der Waals surface area contributed by atoms with Crippen molar-refractivity contribution in [3.8, 4) is 28.7 Å². The molecule has 2 aromatic heterocycles. The molecular weight excluding hydrogens is 1210 g/mol. The molecule has 0 aliphatic heterocycles. The molecule has 0 bridgehead atoms. The van der Waals surface area contributed by atoms with Crippen molar-refractivity contribution in [1.29, 1.82) is 0 Å². The molecule has 0 saturated carbocycles. The highest BCUT2D eigenvalue weighted by molar-refractivity contribution is 6.33. The molecule has 0 fully saturated rings. The second-order valence-electron chi connectivity index (χ2n) is 21.7. The number of aliphatic hydroxyl groups excluding tert-OH is 2. The number of aromatic carboxylic acids is 2. The number of aliphatic hydroxyl groups is 2. The van der Waals surface area contributed by atoms with Crippen molar-refractivity contribution in [2.75, 3.05) is 82.1 Å². The molecule has 0 atom stereocenters. The van der Waals surface area contributed by atoms with E-state index in [0.717, 1.165) is 0 Å². The smallest absolute Gasteiger partial charge is 0.339 e. The first-order valence-electron chi connectivity index (χ1n) is 29.2. The lowest BCUT2D eigenvalue weighted by Crippen LogP contribution is -2.32. The Morgan fingerprint density at radius 3 is 1.63 bits per heavy atom. The molecule has 11 N–H and O–H groups in total. The number of nitrogens with one attached hydrogen (secondary N) is 4. The SMILES string of the molecule is Cc1cc(C=Cc2ccc3cc(N(C)C)ccc3[n+]2C)c(C)n1-c1ccccc1.Cl.Cl.O=C(O)c1cc2ccccc2c(Cc2c(O)c(C(=O)O)cc3ccccc23)c1[O-].O=C1c2c(O)ccc(O)c2C(=O)c2c(NCCNCCO)ccc(NCCNCCO)c21. The Bertz CT molecular complexity index is 4220. The van der Waals surface area contributed by atoms with Crippen LogP contribution < -0.4 is 35.8 Å². The fourth-order valence-corrected chi connectivity index (χ4v) is 11.3. The van der Waals surface area contributed by atoms with Crippen LogP contribution in [0.3, 0.4) is 0 Å². The Kier molecular flexibility index (Phi) is 23.5. The largest absolute Gasteiger partial charge is 0.872 e. The molecule has 19 nitrogen and oxygen atoms in total. The minimum absolute atomic E-state index is 0. The lowest BCUT2D eigenvalue weighted by Gasteiger charge is -2.25. The molecular formula is C71H73Cl2N7O12. The van der Waals surface area contributed by atoms with Gasteiger partial charge in [0.05, 0.1) is 41.0 Å². The summed E-state index contributed by atoms with van der Waals surface area (Å²) in [5, 5.41) is 96.6. The molecule has 1 aliphatic rings. The number of aromatic hydroxyl groups is 3. The normalized spacial score (nSPS) is 11.4. The van der Waals surface area contributed by atoms with Gasteiger partial charge in [-0.15, -0.1) is 24.8 Å². The predicted molar refractivity (Wildman–Crippen MR) is 364 cm³/mol. The first-order valence-corrected chi connectivity index (χ1v) is 29.2. The van der Waals surface area contributed by atoms with E-state index in [1.54, 1.807) is 60.7 Å². The molecule has 2 heterocycles. The van der Waals surface area contributed by atoms with Crippen molar-refractivity contribution in [3.63, 3.8) is 0 Å². The van der Waals surface area contributed by atoms with Crippen LogP contribution in [0.25, 0.3) is 50.3 Å². The van der Waals surface area contributed by atoms with Crippen LogP contribution in [0.4, 0.5) is 17.1 Å². The summed E-state index contributed by atoms with van der Waals surface area (Å²) < 4.78 is 4.56. The maximum atomic E-state index is 13.4.